The summed E-state index contributed by atoms with van der Waals surface area (Å²) in [6.07, 6.45) is 10.2. The molecule has 0 bridgehead atoms. The summed E-state index contributed by atoms with van der Waals surface area (Å²) >= 11 is 8.19. The lowest BCUT2D eigenvalue weighted by atomic mass is 9.73. The van der Waals surface area contributed by atoms with Gasteiger partial charge in [0.1, 0.15) is 16.7 Å². The normalized spacial score (nSPS) is 22.8. The van der Waals surface area contributed by atoms with E-state index in [0.717, 1.165) is 48.3 Å². The van der Waals surface area contributed by atoms with Crippen molar-refractivity contribution in [2.24, 2.45) is 16.9 Å². The number of hydrogen-bond acceptors (Lipinski definition) is 13. The van der Waals surface area contributed by atoms with Crippen LogP contribution >= 0.6 is 35.8 Å². The molecular formula is C28H38Cl2N10O2S. The molecule has 1 spiro atoms. The summed E-state index contributed by atoms with van der Waals surface area (Å²) in [6, 6.07) is 3.70. The smallest absolute Gasteiger partial charge is 0.227 e. The van der Waals surface area contributed by atoms with Crippen LogP contribution in [-0.2, 0) is 4.74 Å². The van der Waals surface area contributed by atoms with Crippen molar-refractivity contribution >= 4 is 59.2 Å². The van der Waals surface area contributed by atoms with E-state index in [1.54, 1.807) is 24.7 Å². The first kappa shape index (κ1) is 31.9. The van der Waals surface area contributed by atoms with Gasteiger partial charge in [-0.25, -0.2) is 19.9 Å². The molecule has 232 valence electrons. The molecule has 3 saturated heterocycles. The summed E-state index contributed by atoms with van der Waals surface area (Å²) in [5.41, 5.74) is 11.4. The van der Waals surface area contributed by atoms with Gasteiger partial charge in [-0.3, -0.25) is 0 Å². The Morgan fingerprint density at radius 2 is 1.77 bits per heavy atom. The maximum Gasteiger partial charge on any atom is 0.227 e. The van der Waals surface area contributed by atoms with E-state index in [1.807, 2.05) is 17.2 Å². The van der Waals surface area contributed by atoms with Gasteiger partial charge >= 0.3 is 0 Å². The second-order valence-electron chi connectivity index (χ2n) is 11.5. The van der Waals surface area contributed by atoms with E-state index < -0.39 is 5.60 Å². The van der Waals surface area contributed by atoms with Crippen LogP contribution in [0.15, 0.2) is 46.8 Å². The Morgan fingerprint density at radius 1 is 1.05 bits per heavy atom. The molecule has 6 heterocycles. The second-order valence-corrected chi connectivity index (χ2v) is 12.9. The second kappa shape index (κ2) is 13.2. The van der Waals surface area contributed by atoms with Gasteiger partial charge in [-0.15, -0.1) is 12.4 Å². The summed E-state index contributed by atoms with van der Waals surface area (Å²) in [5, 5.41) is 14.9. The molecule has 3 aliphatic rings. The van der Waals surface area contributed by atoms with E-state index in [1.165, 1.54) is 11.8 Å². The third kappa shape index (κ3) is 6.77. The van der Waals surface area contributed by atoms with Gasteiger partial charge in [-0.1, -0.05) is 23.4 Å². The molecular weight excluding hydrogens is 611 g/mol. The van der Waals surface area contributed by atoms with Gasteiger partial charge in [-0.05, 0) is 44.7 Å². The molecule has 0 amide bonds. The summed E-state index contributed by atoms with van der Waals surface area (Å²) in [5.74, 6) is 2.49. The minimum atomic E-state index is -0.817. The third-order valence-electron chi connectivity index (χ3n) is 8.86. The Labute approximate surface area is 266 Å². The van der Waals surface area contributed by atoms with Crippen LogP contribution in [0.4, 0.5) is 23.4 Å². The molecule has 3 aliphatic heterocycles. The summed E-state index contributed by atoms with van der Waals surface area (Å²) < 4.78 is 5.85. The number of piperidine rings is 2. The lowest BCUT2D eigenvalue weighted by Gasteiger charge is -2.41. The first-order valence-electron chi connectivity index (χ1n) is 14.3. The van der Waals surface area contributed by atoms with Crippen molar-refractivity contribution < 1.29 is 9.84 Å². The van der Waals surface area contributed by atoms with Crippen LogP contribution in [0.5, 0.6) is 0 Å². The van der Waals surface area contributed by atoms with E-state index in [2.05, 4.69) is 37.1 Å². The fraction of sp³-hybridized carbons (Fsp3) is 0.536. The number of aromatic nitrogens is 5. The average Bonchev–Trinajstić information content (AvgIpc) is 3.29. The van der Waals surface area contributed by atoms with Crippen molar-refractivity contribution in [1.82, 2.24) is 24.9 Å². The zero-order valence-corrected chi connectivity index (χ0v) is 26.4. The summed E-state index contributed by atoms with van der Waals surface area (Å²) in [4.78, 5) is 27.9. The standard InChI is InChI=1S/C28H37ClN10O2S.ClH/c1-18-24(31)27(17-41-18)4-10-38(11-5-27)21-14-35-22(15-34-21)42-19-2-8-32-25(23(19)29)36-20-3-9-33-26(37-20)39-12-6-28(40,16-30)7-13-39;/h2-3,8-9,14-15,18,24,40H,4-7,10-13,16-17,30-31H2,1H3,(H,32,33,36,37);1H/t18-,24+;/m0./s1. The topological polar surface area (TPSA) is 164 Å². The number of nitrogens with two attached hydrogens (primary N) is 2. The first-order chi connectivity index (χ1) is 20.3. The van der Waals surface area contributed by atoms with Crippen molar-refractivity contribution in [3.05, 3.63) is 41.9 Å². The van der Waals surface area contributed by atoms with Crippen LogP contribution in [0.1, 0.15) is 32.6 Å². The number of ether oxygens (including phenoxy) is 1. The maximum absolute atomic E-state index is 10.4. The summed E-state index contributed by atoms with van der Waals surface area (Å²) in [6.45, 7) is 6.08. The minimum Gasteiger partial charge on any atom is -0.388 e. The molecule has 0 aliphatic carbocycles. The van der Waals surface area contributed by atoms with Crippen LogP contribution in [-0.4, -0.2) is 87.1 Å². The molecule has 0 aromatic carbocycles. The van der Waals surface area contributed by atoms with Crippen LogP contribution in [0.3, 0.4) is 0 Å². The Kier molecular flexibility index (Phi) is 9.81. The maximum atomic E-state index is 10.4. The predicted molar refractivity (Wildman–Crippen MR) is 171 cm³/mol. The van der Waals surface area contributed by atoms with Crippen LogP contribution in [0.2, 0.25) is 5.02 Å². The van der Waals surface area contributed by atoms with Crippen LogP contribution < -0.4 is 26.6 Å². The zero-order valence-electron chi connectivity index (χ0n) is 24.0. The van der Waals surface area contributed by atoms with E-state index in [-0.39, 0.29) is 36.5 Å². The molecule has 3 aromatic heterocycles. The average molecular weight is 650 g/mol. The molecule has 3 aromatic rings. The van der Waals surface area contributed by atoms with Crippen molar-refractivity contribution in [3.63, 3.8) is 0 Å². The van der Waals surface area contributed by atoms with Gasteiger partial charge in [-0.2, -0.15) is 4.98 Å². The Morgan fingerprint density at radius 3 is 2.42 bits per heavy atom. The molecule has 0 unspecified atom stereocenters. The molecule has 0 saturated carbocycles. The number of nitrogens with one attached hydrogen (secondary N) is 1. The highest BCUT2D eigenvalue weighted by atomic mass is 35.5. The Hall–Kier alpha value is -2.52. The number of rotatable bonds is 7. The van der Waals surface area contributed by atoms with Crippen molar-refractivity contribution in [1.29, 1.82) is 0 Å². The van der Waals surface area contributed by atoms with Crippen LogP contribution in [0.25, 0.3) is 0 Å². The Balaban J connectivity index is 0.00000368. The molecule has 0 radical (unpaired) electrons. The van der Waals surface area contributed by atoms with Gasteiger partial charge < -0.3 is 36.4 Å². The van der Waals surface area contributed by atoms with Gasteiger partial charge in [0.05, 0.1) is 35.7 Å². The quantitative estimate of drug-likeness (QED) is 0.295. The summed E-state index contributed by atoms with van der Waals surface area (Å²) in [7, 11) is 0. The van der Waals surface area contributed by atoms with E-state index in [4.69, 9.17) is 32.8 Å². The van der Waals surface area contributed by atoms with E-state index in [0.29, 0.717) is 48.5 Å². The minimum absolute atomic E-state index is 0. The predicted octanol–water partition coefficient (Wildman–Crippen LogP) is 3.25. The number of anilines is 4. The fourth-order valence-electron chi connectivity index (χ4n) is 5.90. The van der Waals surface area contributed by atoms with Gasteiger partial charge in [0.15, 0.2) is 5.82 Å². The molecule has 6 N–H and O–H groups in total. The zero-order chi connectivity index (χ0) is 29.3. The van der Waals surface area contributed by atoms with Crippen molar-refractivity contribution in [3.8, 4) is 0 Å². The van der Waals surface area contributed by atoms with E-state index >= 15 is 0 Å². The molecule has 3 fully saturated rings. The molecule has 12 nitrogen and oxygen atoms in total. The lowest BCUT2D eigenvalue weighted by molar-refractivity contribution is 0.0247. The number of nitrogens with zero attached hydrogens (tertiary/aromatic N) is 7. The lowest BCUT2D eigenvalue weighted by Crippen LogP contribution is -2.50. The number of hydrogen-bond donors (Lipinski definition) is 4. The van der Waals surface area contributed by atoms with Gasteiger partial charge in [0, 0.05) is 61.5 Å². The molecule has 6 rings (SSSR count). The van der Waals surface area contributed by atoms with Crippen molar-refractivity contribution in [2.45, 2.75) is 60.3 Å². The van der Waals surface area contributed by atoms with Gasteiger partial charge in [0.2, 0.25) is 5.95 Å². The van der Waals surface area contributed by atoms with Gasteiger partial charge in [0.25, 0.3) is 0 Å². The number of pyridine rings is 1. The van der Waals surface area contributed by atoms with E-state index in [9.17, 15) is 5.11 Å². The number of halogens is 2. The monoisotopic (exact) mass is 648 g/mol. The molecule has 15 heteroatoms. The Bertz CT molecular complexity index is 1390. The fourth-order valence-corrected chi connectivity index (χ4v) is 6.93. The SMILES string of the molecule is C[C@@H]1OCC2(CCN(c3cnc(Sc4ccnc(Nc5ccnc(N6CCC(O)(CN)CC6)n5)c4Cl)cn3)CC2)[C@@H]1N.Cl. The highest BCUT2D eigenvalue weighted by molar-refractivity contribution is 7.99. The largest absolute Gasteiger partial charge is 0.388 e. The highest BCUT2D eigenvalue weighted by Gasteiger charge is 2.47. The first-order valence-corrected chi connectivity index (χ1v) is 15.5. The number of aliphatic hydroxyl groups is 1. The van der Waals surface area contributed by atoms with Crippen LogP contribution in [0, 0.1) is 5.41 Å². The highest BCUT2D eigenvalue weighted by Crippen LogP contribution is 2.42. The van der Waals surface area contributed by atoms with Crippen molar-refractivity contribution in [2.75, 3.05) is 54.4 Å². The molecule has 43 heavy (non-hydrogen) atoms. The third-order valence-corrected chi connectivity index (χ3v) is 10.3. The molecule has 2 atom stereocenters.